The van der Waals surface area contributed by atoms with E-state index in [1.165, 1.54) is 24.3 Å². The number of aromatic nitrogens is 2. The molecule has 0 aliphatic heterocycles. The zero-order valence-electron chi connectivity index (χ0n) is 10.6. The van der Waals surface area contributed by atoms with Crippen molar-refractivity contribution in [3.8, 4) is 0 Å². The lowest BCUT2D eigenvalue weighted by Crippen LogP contribution is -2.17. The summed E-state index contributed by atoms with van der Waals surface area (Å²) in [5.74, 6) is 2.36. The molecular weight excluding hydrogens is 218 g/mol. The molecular formula is C12H23N3S. The van der Waals surface area contributed by atoms with Crippen LogP contribution in [0, 0.1) is 6.92 Å². The lowest BCUT2D eigenvalue weighted by Gasteiger charge is -2.10. The third-order valence-electron chi connectivity index (χ3n) is 2.60. The summed E-state index contributed by atoms with van der Waals surface area (Å²) in [5, 5.41) is 3.43. The van der Waals surface area contributed by atoms with Gasteiger partial charge >= 0.3 is 0 Å². The first kappa shape index (κ1) is 13.6. The van der Waals surface area contributed by atoms with E-state index in [1.54, 1.807) is 0 Å². The number of rotatable bonds is 8. The van der Waals surface area contributed by atoms with Crippen molar-refractivity contribution in [1.82, 2.24) is 14.9 Å². The molecule has 0 bridgehead atoms. The van der Waals surface area contributed by atoms with Crippen LogP contribution in [-0.2, 0) is 13.1 Å². The quantitative estimate of drug-likeness (QED) is 0.709. The second-order valence-electron chi connectivity index (χ2n) is 3.97. The van der Waals surface area contributed by atoms with Crippen LogP contribution in [0.25, 0.3) is 0 Å². The molecule has 0 spiro atoms. The van der Waals surface area contributed by atoms with Gasteiger partial charge in [0.25, 0.3) is 0 Å². The molecule has 1 heterocycles. The van der Waals surface area contributed by atoms with Gasteiger partial charge in [0.2, 0.25) is 0 Å². The lowest BCUT2D eigenvalue weighted by molar-refractivity contribution is 0.590. The van der Waals surface area contributed by atoms with Crippen LogP contribution in [0.2, 0.25) is 0 Å². The van der Waals surface area contributed by atoms with E-state index in [4.69, 9.17) is 0 Å². The van der Waals surface area contributed by atoms with Gasteiger partial charge in [0.15, 0.2) is 0 Å². The minimum atomic E-state index is 0.938. The highest BCUT2D eigenvalue weighted by molar-refractivity contribution is 7.98. The Bertz CT molecular complexity index is 296. The Hall–Kier alpha value is -0.480. The van der Waals surface area contributed by atoms with Crippen LogP contribution in [-0.4, -0.2) is 28.1 Å². The molecule has 0 aromatic carbocycles. The van der Waals surface area contributed by atoms with E-state index in [9.17, 15) is 0 Å². The molecule has 0 unspecified atom stereocenters. The van der Waals surface area contributed by atoms with Crippen molar-refractivity contribution in [2.45, 2.75) is 39.8 Å². The van der Waals surface area contributed by atoms with Gasteiger partial charge in [-0.25, -0.2) is 4.98 Å². The van der Waals surface area contributed by atoms with E-state index in [0.29, 0.717) is 0 Å². The van der Waals surface area contributed by atoms with Crippen molar-refractivity contribution in [1.29, 1.82) is 0 Å². The van der Waals surface area contributed by atoms with Crippen molar-refractivity contribution in [2.24, 2.45) is 0 Å². The van der Waals surface area contributed by atoms with E-state index in [0.717, 1.165) is 25.5 Å². The van der Waals surface area contributed by atoms with Crippen LogP contribution < -0.4 is 5.32 Å². The number of imidazole rings is 1. The van der Waals surface area contributed by atoms with Gasteiger partial charge in [-0.15, -0.1) is 0 Å². The Morgan fingerprint density at radius 3 is 3.00 bits per heavy atom. The molecule has 1 rings (SSSR count). The summed E-state index contributed by atoms with van der Waals surface area (Å²) in [6, 6.07) is 0. The van der Waals surface area contributed by atoms with E-state index >= 15 is 0 Å². The second-order valence-corrected chi connectivity index (χ2v) is 4.96. The molecule has 92 valence electrons. The van der Waals surface area contributed by atoms with Gasteiger partial charge in [0.1, 0.15) is 5.82 Å². The Morgan fingerprint density at radius 2 is 2.31 bits per heavy atom. The van der Waals surface area contributed by atoms with Crippen LogP contribution in [0.3, 0.4) is 0 Å². The minimum Gasteiger partial charge on any atom is -0.331 e. The topological polar surface area (TPSA) is 29.9 Å². The molecule has 1 aromatic rings. The third-order valence-corrected chi connectivity index (χ3v) is 3.30. The van der Waals surface area contributed by atoms with Crippen LogP contribution in [0.5, 0.6) is 0 Å². The van der Waals surface area contributed by atoms with Gasteiger partial charge in [-0.2, -0.15) is 11.8 Å². The Morgan fingerprint density at radius 1 is 1.50 bits per heavy atom. The summed E-state index contributed by atoms with van der Waals surface area (Å²) in [4.78, 5) is 4.39. The number of thioether (sulfide) groups is 1. The van der Waals surface area contributed by atoms with Gasteiger partial charge in [-0.3, -0.25) is 0 Å². The molecule has 0 amide bonds. The average molecular weight is 241 g/mol. The molecule has 4 heteroatoms. The highest BCUT2D eigenvalue weighted by atomic mass is 32.2. The average Bonchev–Trinajstić information content (AvgIpc) is 2.62. The van der Waals surface area contributed by atoms with Gasteiger partial charge in [0, 0.05) is 19.3 Å². The summed E-state index contributed by atoms with van der Waals surface area (Å²) in [6.07, 6.45) is 6.56. The number of hydrogen-bond donors (Lipinski definition) is 1. The summed E-state index contributed by atoms with van der Waals surface area (Å²) in [7, 11) is 0. The van der Waals surface area contributed by atoms with Crippen LogP contribution in [0.4, 0.5) is 0 Å². The fraction of sp³-hybridized carbons (Fsp3) is 0.750. The SMILES string of the molecule is CCCNCc1cnc(C)n1CCCSC. The first-order valence-electron chi connectivity index (χ1n) is 6.00. The molecule has 0 saturated heterocycles. The van der Waals surface area contributed by atoms with Crippen molar-refractivity contribution in [3.05, 3.63) is 17.7 Å². The standard InChI is InChI=1S/C12H23N3S/c1-4-6-13-9-12-10-14-11(2)15(12)7-5-8-16-3/h10,13H,4-9H2,1-3H3. The van der Waals surface area contributed by atoms with Gasteiger partial charge in [0.05, 0.1) is 5.69 Å². The van der Waals surface area contributed by atoms with Gasteiger partial charge in [-0.1, -0.05) is 6.92 Å². The molecule has 0 aliphatic carbocycles. The number of hydrogen-bond acceptors (Lipinski definition) is 3. The lowest BCUT2D eigenvalue weighted by atomic mass is 10.4. The van der Waals surface area contributed by atoms with Crippen molar-refractivity contribution in [2.75, 3.05) is 18.6 Å². The van der Waals surface area contributed by atoms with Gasteiger partial charge < -0.3 is 9.88 Å². The van der Waals surface area contributed by atoms with Gasteiger partial charge in [-0.05, 0) is 38.3 Å². The number of nitrogens with one attached hydrogen (secondary N) is 1. The first-order chi connectivity index (χ1) is 7.79. The third kappa shape index (κ3) is 4.18. The Balaban J connectivity index is 2.48. The zero-order chi connectivity index (χ0) is 11.8. The first-order valence-corrected chi connectivity index (χ1v) is 7.39. The predicted molar refractivity (Wildman–Crippen MR) is 72.0 cm³/mol. The Kier molecular flexibility index (Phi) is 6.57. The van der Waals surface area contributed by atoms with E-state index in [2.05, 4.69) is 35.0 Å². The molecule has 3 nitrogen and oxygen atoms in total. The summed E-state index contributed by atoms with van der Waals surface area (Å²) < 4.78 is 2.33. The maximum Gasteiger partial charge on any atom is 0.105 e. The summed E-state index contributed by atoms with van der Waals surface area (Å²) in [6.45, 7) is 7.38. The zero-order valence-corrected chi connectivity index (χ0v) is 11.4. The molecule has 0 aliphatic rings. The van der Waals surface area contributed by atoms with Crippen molar-refractivity contribution in [3.63, 3.8) is 0 Å². The largest absolute Gasteiger partial charge is 0.331 e. The highest BCUT2D eigenvalue weighted by Gasteiger charge is 2.05. The normalized spacial score (nSPS) is 10.9. The fourth-order valence-electron chi connectivity index (χ4n) is 1.72. The van der Waals surface area contributed by atoms with Crippen LogP contribution >= 0.6 is 11.8 Å². The molecule has 16 heavy (non-hydrogen) atoms. The summed E-state index contributed by atoms with van der Waals surface area (Å²) in [5.41, 5.74) is 1.31. The molecule has 0 fully saturated rings. The number of nitrogens with zero attached hydrogens (tertiary/aromatic N) is 2. The Labute approximate surface area is 103 Å². The minimum absolute atomic E-state index is 0.938. The molecule has 0 radical (unpaired) electrons. The maximum absolute atomic E-state index is 4.39. The smallest absolute Gasteiger partial charge is 0.105 e. The molecule has 0 saturated carbocycles. The van der Waals surface area contributed by atoms with Crippen LogP contribution in [0.15, 0.2) is 6.20 Å². The van der Waals surface area contributed by atoms with E-state index < -0.39 is 0 Å². The van der Waals surface area contributed by atoms with E-state index in [1.807, 2.05) is 18.0 Å². The maximum atomic E-state index is 4.39. The number of aryl methyl sites for hydroxylation is 1. The molecule has 0 atom stereocenters. The second kappa shape index (κ2) is 7.74. The van der Waals surface area contributed by atoms with E-state index in [-0.39, 0.29) is 0 Å². The van der Waals surface area contributed by atoms with Crippen molar-refractivity contribution >= 4 is 11.8 Å². The predicted octanol–water partition coefficient (Wildman–Crippen LogP) is 2.44. The van der Waals surface area contributed by atoms with Crippen LogP contribution in [0.1, 0.15) is 31.3 Å². The summed E-state index contributed by atoms with van der Waals surface area (Å²) >= 11 is 1.91. The van der Waals surface area contributed by atoms with Crippen molar-refractivity contribution < 1.29 is 0 Å². The molecule has 1 aromatic heterocycles. The highest BCUT2D eigenvalue weighted by Crippen LogP contribution is 2.07. The fourth-order valence-corrected chi connectivity index (χ4v) is 2.14. The molecule has 1 N–H and O–H groups in total. The monoisotopic (exact) mass is 241 g/mol.